The van der Waals surface area contributed by atoms with Crippen LogP contribution in [0.3, 0.4) is 0 Å². The first-order chi connectivity index (χ1) is 9.65. The molecule has 1 aromatic heterocycles. The maximum atomic E-state index is 12.4. The number of likely N-dealkylation sites (N-methyl/N-ethyl adjacent to an activating group) is 1. The summed E-state index contributed by atoms with van der Waals surface area (Å²) in [5.41, 5.74) is 5.88. The number of thiazole rings is 1. The van der Waals surface area contributed by atoms with Crippen LogP contribution in [0, 0.1) is 0 Å². The third-order valence-corrected chi connectivity index (χ3v) is 4.51. The summed E-state index contributed by atoms with van der Waals surface area (Å²) >= 11 is 1.34. The zero-order valence-electron chi connectivity index (χ0n) is 12.0. The zero-order chi connectivity index (χ0) is 14.5. The van der Waals surface area contributed by atoms with Gasteiger partial charge in [-0.1, -0.05) is 11.3 Å². The molecule has 3 N–H and O–H groups in total. The summed E-state index contributed by atoms with van der Waals surface area (Å²) in [6.07, 6.45) is 3.58. The first-order valence-electron chi connectivity index (χ1n) is 6.96. The molecule has 0 unspecified atom stereocenters. The van der Waals surface area contributed by atoms with E-state index < -0.39 is 0 Å². The SMILES string of the molecule is CCN(CCOC)C(=O)c1sc(NC2CCC2)nc1N. The number of aromatic nitrogens is 1. The van der Waals surface area contributed by atoms with E-state index in [1.165, 1.54) is 17.8 Å². The number of rotatable bonds is 7. The lowest BCUT2D eigenvalue weighted by atomic mass is 9.93. The number of nitrogens with one attached hydrogen (secondary N) is 1. The van der Waals surface area contributed by atoms with Crippen LogP contribution in [-0.4, -0.2) is 48.6 Å². The van der Waals surface area contributed by atoms with Crippen molar-refractivity contribution in [2.45, 2.75) is 32.2 Å². The number of methoxy groups -OCH3 is 1. The number of nitrogens with two attached hydrogens (primary N) is 1. The fourth-order valence-corrected chi connectivity index (χ4v) is 2.95. The van der Waals surface area contributed by atoms with E-state index in [1.54, 1.807) is 12.0 Å². The fraction of sp³-hybridized carbons (Fsp3) is 0.692. The Morgan fingerprint density at radius 2 is 2.35 bits per heavy atom. The van der Waals surface area contributed by atoms with Crippen molar-refractivity contribution in [3.8, 4) is 0 Å². The minimum absolute atomic E-state index is 0.0683. The second-order valence-corrected chi connectivity index (χ2v) is 5.88. The Morgan fingerprint density at radius 3 is 2.90 bits per heavy atom. The normalized spacial score (nSPS) is 14.9. The van der Waals surface area contributed by atoms with Gasteiger partial charge in [-0.2, -0.15) is 0 Å². The van der Waals surface area contributed by atoms with Gasteiger partial charge in [-0.25, -0.2) is 4.98 Å². The van der Waals surface area contributed by atoms with E-state index in [1.807, 2.05) is 6.92 Å². The molecule has 20 heavy (non-hydrogen) atoms. The number of nitrogens with zero attached hydrogens (tertiary/aromatic N) is 2. The Labute approximate surface area is 123 Å². The Balaban J connectivity index is 2.03. The van der Waals surface area contributed by atoms with Crippen LogP contribution in [-0.2, 0) is 4.74 Å². The molecule has 0 bridgehead atoms. The summed E-state index contributed by atoms with van der Waals surface area (Å²) in [6.45, 7) is 3.66. The predicted molar refractivity (Wildman–Crippen MR) is 81.2 cm³/mol. The van der Waals surface area contributed by atoms with Crippen LogP contribution in [0.1, 0.15) is 35.9 Å². The molecule has 7 heteroatoms. The summed E-state index contributed by atoms with van der Waals surface area (Å²) in [7, 11) is 1.63. The highest BCUT2D eigenvalue weighted by atomic mass is 32.1. The molecule has 0 aliphatic heterocycles. The van der Waals surface area contributed by atoms with Crippen molar-refractivity contribution >= 4 is 28.2 Å². The van der Waals surface area contributed by atoms with Crippen LogP contribution in [0.4, 0.5) is 10.9 Å². The van der Waals surface area contributed by atoms with Gasteiger partial charge in [-0.3, -0.25) is 4.79 Å². The average molecular weight is 298 g/mol. The smallest absolute Gasteiger partial charge is 0.267 e. The molecule has 2 rings (SSSR count). The van der Waals surface area contributed by atoms with Gasteiger partial charge in [0.1, 0.15) is 10.7 Å². The van der Waals surface area contributed by atoms with E-state index in [2.05, 4.69) is 10.3 Å². The van der Waals surface area contributed by atoms with Gasteiger partial charge in [0.15, 0.2) is 5.13 Å². The summed E-state index contributed by atoms with van der Waals surface area (Å²) in [6, 6.07) is 0.485. The Morgan fingerprint density at radius 1 is 1.60 bits per heavy atom. The molecule has 6 nitrogen and oxygen atoms in total. The van der Waals surface area contributed by atoms with Crippen LogP contribution in [0.2, 0.25) is 0 Å². The topological polar surface area (TPSA) is 80.5 Å². The van der Waals surface area contributed by atoms with E-state index >= 15 is 0 Å². The van der Waals surface area contributed by atoms with Crippen LogP contribution < -0.4 is 11.1 Å². The number of carbonyl (C=O) groups excluding carboxylic acids is 1. The molecular formula is C13H22N4O2S. The van der Waals surface area contributed by atoms with Gasteiger partial charge < -0.3 is 20.7 Å². The van der Waals surface area contributed by atoms with E-state index in [9.17, 15) is 4.79 Å². The molecule has 1 saturated carbocycles. The van der Waals surface area contributed by atoms with Crippen LogP contribution >= 0.6 is 11.3 Å². The molecular weight excluding hydrogens is 276 g/mol. The number of carbonyl (C=O) groups is 1. The molecule has 0 radical (unpaired) electrons. The largest absolute Gasteiger partial charge is 0.383 e. The van der Waals surface area contributed by atoms with Gasteiger partial charge >= 0.3 is 0 Å². The molecule has 0 spiro atoms. The third-order valence-electron chi connectivity index (χ3n) is 3.51. The van der Waals surface area contributed by atoms with Crippen molar-refractivity contribution in [3.05, 3.63) is 4.88 Å². The van der Waals surface area contributed by atoms with Gasteiger partial charge in [0.2, 0.25) is 0 Å². The molecule has 0 saturated heterocycles. The molecule has 0 atom stereocenters. The maximum Gasteiger partial charge on any atom is 0.267 e. The third kappa shape index (κ3) is 3.40. The predicted octanol–water partition coefficient (Wildman–Crippen LogP) is 1.80. The first-order valence-corrected chi connectivity index (χ1v) is 7.78. The van der Waals surface area contributed by atoms with Crippen LogP contribution in [0.25, 0.3) is 0 Å². The van der Waals surface area contributed by atoms with Crippen molar-refractivity contribution in [1.29, 1.82) is 0 Å². The zero-order valence-corrected chi connectivity index (χ0v) is 12.8. The minimum Gasteiger partial charge on any atom is -0.383 e. The van der Waals surface area contributed by atoms with Gasteiger partial charge in [0, 0.05) is 26.2 Å². The van der Waals surface area contributed by atoms with E-state index in [-0.39, 0.29) is 5.91 Å². The van der Waals surface area contributed by atoms with Crippen molar-refractivity contribution in [1.82, 2.24) is 9.88 Å². The number of amides is 1. The standard InChI is InChI=1S/C13H22N4O2S/c1-3-17(7-8-19-2)12(18)10-11(14)16-13(20-10)15-9-5-4-6-9/h9H,3-8,14H2,1-2H3,(H,15,16). The number of hydrogen-bond donors (Lipinski definition) is 2. The molecule has 1 aliphatic rings. The van der Waals surface area contributed by atoms with Crippen molar-refractivity contribution in [2.75, 3.05) is 37.9 Å². The second-order valence-electron chi connectivity index (χ2n) is 4.88. The quantitative estimate of drug-likeness (QED) is 0.802. The highest BCUT2D eigenvalue weighted by Gasteiger charge is 2.23. The maximum absolute atomic E-state index is 12.4. The monoisotopic (exact) mass is 298 g/mol. The van der Waals surface area contributed by atoms with Gasteiger partial charge in [0.05, 0.1) is 6.61 Å². The number of anilines is 2. The van der Waals surface area contributed by atoms with E-state index in [0.717, 1.165) is 18.0 Å². The van der Waals surface area contributed by atoms with Gasteiger partial charge in [-0.15, -0.1) is 0 Å². The Kier molecular flexibility index (Phi) is 5.19. The highest BCUT2D eigenvalue weighted by molar-refractivity contribution is 7.18. The Hall–Kier alpha value is -1.34. The lowest BCUT2D eigenvalue weighted by Gasteiger charge is -2.25. The van der Waals surface area contributed by atoms with E-state index in [4.69, 9.17) is 10.5 Å². The molecule has 1 amide bonds. The summed E-state index contributed by atoms with van der Waals surface area (Å²) in [4.78, 5) is 18.9. The molecule has 112 valence electrons. The minimum atomic E-state index is -0.0683. The van der Waals surface area contributed by atoms with Crippen molar-refractivity contribution < 1.29 is 9.53 Å². The van der Waals surface area contributed by atoms with Crippen LogP contribution in [0.15, 0.2) is 0 Å². The molecule has 0 aromatic carbocycles. The van der Waals surface area contributed by atoms with Gasteiger partial charge in [0.25, 0.3) is 5.91 Å². The highest BCUT2D eigenvalue weighted by Crippen LogP contribution is 2.30. The van der Waals surface area contributed by atoms with Crippen LogP contribution in [0.5, 0.6) is 0 Å². The van der Waals surface area contributed by atoms with Crippen molar-refractivity contribution in [2.24, 2.45) is 0 Å². The Bertz CT molecular complexity index is 459. The summed E-state index contributed by atoms with van der Waals surface area (Å²) in [5, 5.41) is 4.08. The molecule has 1 fully saturated rings. The van der Waals surface area contributed by atoms with E-state index in [0.29, 0.717) is 36.4 Å². The molecule has 1 aliphatic carbocycles. The van der Waals surface area contributed by atoms with Crippen molar-refractivity contribution in [3.63, 3.8) is 0 Å². The first kappa shape index (κ1) is 15.1. The number of nitrogen functional groups attached to an aromatic ring is 1. The number of ether oxygens (including phenoxy) is 1. The lowest BCUT2D eigenvalue weighted by molar-refractivity contribution is 0.0712. The summed E-state index contributed by atoms with van der Waals surface area (Å²) in [5.74, 6) is 0.249. The summed E-state index contributed by atoms with van der Waals surface area (Å²) < 4.78 is 5.02. The molecule has 1 heterocycles. The average Bonchev–Trinajstić information content (AvgIpc) is 2.75. The lowest BCUT2D eigenvalue weighted by Crippen LogP contribution is -2.33. The fourth-order valence-electron chi connectivity index (χ4n) is 2.02. The number of hydrogen-bond acceptors (Lipinski definition) is 6. The molecule has 1 aromatic rings. The van der Waals surface area contributed by atoms with Gasteiger partial charge in [-0.05, 0) is 26.2 Å². The second kappa shape index (κ2) is 6.90.